The van der Waals surface area contributed by atoms with Crippen molar-refractivity contribution < 1.29 is 19.1 Å². The Morgan fingerprint density at radius 2 is 1.62 bits per heavy atom. The molecule has 1 aliphatic heterocycles. The Hall–Kier alpha value is -5.21. The van der Waals surface area contributed by atoms with Gasteiger partial charge in [0.15, 0.2) is 0 Å². The summed E-state index contributed by atoms with van der Waals surface area (Å²) < 4.78 is 11.3. The molecule has 0 radical (unpaired) electrons. The number of methoxy groups -OCH3 is 1. The highest BCUT2D eigenvalue weighted by atomic mass is 16.5. The van der Waals surface area contributed by atoms with Crippen LogP contribution in [-0.2, 0) is 17.8 Å². The summed E-state index contributed by atoms with van der Waals surface area (Å²) in [5, 5.41) is 6.91. The Kier molecular flexibility index (Phi) is 10.6. The van der Waals surface area contributed by atoms with E-state index in [1.54, 1.807) is 13.2 Å². The second kappa shape index (κ2) is 15.6. The van der Waals surface area contributed by atoms with Crippen LogP contribution < -0.4 is 20.1 Å². The molecule has 8 heteroatoms. The number of aromatic nitrogens is 1. The summed E-state index contributed by atoms with van der Waals surface area (Å²) >= 11 is 0. The van der Waals surface area contributed by atoms with E-state index in [0.29, 0.717) is 42.4 Å². The topological polar surface area (TPSA) is 92.8 Å². The van der Waals surface area contributed by atoms with Crippen molar-refractivity contribution in [2.75, 3.05) is 27.2 Å². The van der Waals surface area contributed by atoms with Crippen LogP contribution in [0.15, 0.2) is 109 Å². The molecule has 48 heavy (non-hydrogen) atoms. The maximum Gasteiger partial charge on any atom is 0.252 e. The molecule has 1 fully saturated rings. The largest absolute Gasteiger partial charge is 0.497 e. The molecule has 2 N–H and O–H groups in total. The lowest BCUT2D eigenvalue weighted by Gasteiger charge is -2.22. The number of nitrogens with zero attached hydrogens (tertiary/aromatic N) is 2. The van der Waals surface area contributed by atoms with Crippen molar-refractivity contribution >= 4 is 22.7 Å². The van der Waals surface area contributed by atoms with Gasteiger partial charge in [-0.15, -0.1) is 0 Å². The average molecular weight is 643 g/mol. The van der Waals surface area contributed by atoms with Crippen molar-refractivity contribution in [2.45, 2.75) is 44.4 Å². The molecule has 5 aromatic rings. The predicted molar refractivity (Wildman–Crippen MR) is 189 cm³/mol. The third kappa shape index (κ3) is 8.19. The van der Waals surface area contributed by atoms with Gasteiger partial charge < -0.3 is 25.0 Å². The molecule has 8 nitrogen and oxygen atoms in total. The number of carbonyl (C=O) groups is 2. The summed E-state index contributed by atoms with van der Waals surface area (Å²) in [4.78, 5) is 35.0. The molecule has 2 heterocycles. The first-order valence-corrected chi connectivity index (χ1v) is 16.6. The van der Waals surface area contributed by atoms with Gasteiger partial charge in [-0.2, -0.15) is 0 Å². The summed E-state index contributed by atoms with van der Waals surface area (Å²) in [6.45, 7) is 2.10. The molecule has 2 unspecified atom stereocenters. The first-order valence-electron chi connectivity index (χ1n) is 16.6. The number of amides is 2. The van der Waals surface area contributed by atoms with E-state index < -0.39 is 6.04 Å². The van der Waals surface area contributed by atoms with E-state index in [1.807, 2.05) is 103 Å². The number of hydrogen-bond donors (Lipinski definition) is 2. The van der Waals surface area contributed by atoms with E-state index >= 15 is 0 Å². The molecule has 0 spiro atoms. The van der Waals surface area contributed by atoms with Crippen LogP contribution in [0.25, 0.3) is 22.2 Å². The van der Waals surface area contributed by atoms with Crippen LogP contribution in [0.4, 0.5) is 0 Å². The zero-order chi connectivity index (χ0) is 33.3. The Morgan fingerprint density at radius 3 is 2.35 bits per heavy atom. The van der Waals surface area contributed by atoms with Gasteiger partial charge in [-0.1, -0.05) is 60.7 Å². The van der Waals surface area contributed by atoms with Crippen LogP contribution in [-0.4, -0.2) is 61.0 Å². The molecule has 2 atom stereocenters. The molecule has 246 valence electrons. The van der Waals surface area contributed by atoms with Crippen LogP contribution >= 0.6 is 0 Å². The lowest BCUT2D eigenvalue weighted by atomic mass is 10.0. The standard InChI is InChI=1S/C40H42N4O4/c1-44-24-8-11-31(44)22-23-41-40(46)38(25-28-14-18-33(19-15-28)48-27-29-9-4-3-5-10-29)43-39(45)35-26-37(30-16-20-32(47-2)21-17-30)42-36-13-7-6-12-34(35)36/h3-7,9-10,12-21,26,31,38H,8,11,22-25,27H2,1-2H3,(H,41,46)(H,43,45). The maximum atomic E-state index is 14.1. The normalized spacial score (nSPS) is 15.2. The molecule has 6 rings (SSSR count). The van der Waals surface area contributed by atoms with Crippen LogP contribution in [0.1, 0.15) is 40.7 Å². The summed E-state index contributed by atoms with van der Waals surface area (Å²) in [6.07, 6.45) is 3.51. The third-order valence-corrected chi connectivity index (χ3v) is 9.03. The molecule has 1 aromatic heterocycles. The zero-order valence-corrected chi connectivity index (χ0v) is 27.5. The Bertz CT molecular complexity index is 1830. The number of pyridine rings is 1. The minimum Gasteiger partial charge on any atom is -0.497 e. The zero-order valence-electron chi connectivity index (χ0n) is 27.5. The summed E-state index contributed by atoms with van der Waals surface area (Å²) in [5.74, 6) is 0.938. The van der Waals surface area contributed by atoms with Crippen molar-refractivity contribution in [3.05, 3.63) is 126 Å². The van der Waals surface area contributed by atoms with Gasteiger partial charge in [0.2, 0.25) is 5.91 Å². The lowest BCUT2D eigenvalue weighted by Crippen LogP contribution is -2.48. The van der Waals surface area contributed by atoms with Gasteiger partial charge in [-0.05, 0) is 92.5 Å². The number of rotatable bonds is 13. The van der Waals surface area contributed by atoms with Gasteiger partial charge in [-0.25, -0.2) is 4.98 Å². The van der Waals surface area contributed by atoms with Crippen molar-refractivity contribution in [1.82, 2.24) is 20.5 Å². The SMILES string of the molecule is COc1ccc(-c2cc(C(=O)NC(Cc3ccc(OCc4ccccc4)cc3)C(=O)NCCC3CCCN3C)c3ccccc3n2)cc1. The molecule has 0 bridgehead atoms. The fraction of sp³-hybridized carbons (Fsp3) is 0.275. The second-order valence-corrected chi connectivity index (χ2v) is 12.3. The van der Waals surface area contributed by atoms with Gasteiger partial charge in [0.25, 0.3) is 5.91 Å². The first-order chi connectivity index (χ1) is 23.5. The Balaban J connectivity index is 1.22. The highest BCUT2D eigenvalue weighted by Gasteiger charge is 2.25. The van der Waals surface area contributed by atoms with Crippen molar-refractivity contribution in [3.63, 3.8) is 0 Å². The monoisotopic (exact) mass is 642 g/mol. The van der Waals surface area contributed by atoms with Crippen molar-refractivity contribution in [2.24, 2.45) is 0 Å². The Labute approximate surface area is 282 Å². The fourth-order valence-electron chi connectivity index (χ4n) is 6.25. The van der Waals surface area contributed by atoms with E-state index in [4.69, 9.17) is 14.5 Å². The number of nitrogens with one attached hydrogen (secondary N) is 2. The molecular weight excluding hydrogens is 600 g/mol. The number of ether oxygens (including phenoxy) is 2. The summed E-state index contributed by atoms with van der Waals surface area (Å²) in [6, 6.07) is 34.3. The van der Waals surface area contributed by atoms with Gasteiger partial charge in [0, 0.05) is 30.0 Å². The van der Waals surface area contributed by atoms with E-state index in [2.05, 4.69) is 22.6 Å². The van der Waals surface area contributed by atoms with E-state index in [1.165, 1.54) is 6.42 Å². The molecule has 1 saturated heterocycles. The minimum absolute atomic E-state index is 0.206. The quantitative estimate of drug-likeness (QED) is 0.154. The predicted octanol–water partition coefficient (Wildman–Crippen LogP) is 6.43. The van der Waals surface area contributed by atoms with Gasteiger partial charge in [0.05, 0.1) is 23.9 Å². The van der Waals surface area contributed by atoms with Crippen LogP contribution in [0.5, 0.6) is 11.5 Å². The van der Waals surface area contributed by atoms with Gasteiger partial charge in [0.1, 0.15) is 24.1 Å². The highest BCUT2D eigenvalue weighted by Crippen LogP contribution is 2.27. The molecule has 1 aliphatic rings. The number of benzene rings is 4. The molecule has 0 saturated carbocycles. The van der Waals surface area contributed by atoms with Crippen LogP contribution in [0.3, 0.4) is 0 Å². The van der Waals surface area contributed by atoms with Gasteiger partial charge >= 0.3 is 0 Å². The Morgan fingerprint density at radius 1 is 0.896 bits per heavy atom. The van der Waals surface area contributed by atoms with Crippen molar-refractivity contribution in [1.29, 1.82) is 0 Å². The number of likely N-dealkylation sites (tertiary alicyclic amines) is 1. The maximum absolute atomic E-state index is 14.1. The smallest absolute Gasteiger partial charge is 0.252 e. The van der Waals surface area contributed by atoms with Crippen LogP contribution in [0.2, 0.25) is 0 Å². The van der Waals surface area contributed by atoms with Gasteiger partial charge in [-0.3, -0.25) is 9.59 Å². The van der Waals surface area contributed by atoms with Crippen LogP contribution in [0, 0.1) is 0 Å². The van der Waals surface area contributed by atoms with E-state index in [9.17, 15) is 9.59 Å². The van der Waals surface area contributed by atoms with Crippen molar-refractivity contribution in [3.8, 4) is 22.8 Å². The number of fused-ring (bicyclic) bond motifs is 1. The fourth-order valence-corrected chi connectivity index (χ4v) is 6.25. The van der Waals surface area contributed by atoms with E-state index in [-0.39, 0.29) is 11.8 Å². The summed E-state index contributed by atoms with van der Waals surface area (Å²) in [5.41, 5.74) is 4.68. The molecule has 2 amide bonds. The number of para-hydroxylation sites is 1. The number of hydrogen-bond acceptors (Lipinski definition) is 6. The first kappa shape index (κ1) is 32.7. The minimum atomic E-state index is -0.786. The average Bonchev–Trinajstić information content (AvgIpc) is 3.54. The number of carbonyl (C=O) groups excluding carboxylic acids is 2. The molecular formula is C40H42N4O4. The summed E-state index contributed by atoms with van der Waals surface area (Å²) in [7, 11) is 3.76. The second-order valence-electron chi connectivity index (χ2n) is 12.3. The molecule has 0 aliphatic carbocycles. The lowest BCUT2D eigenvalue weighted by molar-refractivity contribution is -0.123. The third-order valence-electron chi connectivity index (χ3n) is 9.03. The highest BCUT2D eigenvalue weighted by molar-refractivity contribution is 6.08. The molecule has 4 aromatic carbocycles. The van der Waals surface area contributed by atoms with E-state index in [0.717, 1.165) is 53.0 Å².